The SMILES string of the molecule is O=C(O)C(F)(F)F.c1n[nH]cc1C1CC1. The Morgan fingerprint density at radius 1 is 1.53 bits per heavy atom. The summed E-state index contributed by atoms with van der Waals surface area (Å²) >= 11 is 0. The summed E-state index contributed by atoms with van der Waals surface area (Å²) in [6, 6.07) is 0. The van der Waals surface area contributed by atoms with E-state index in [1.54, 1.807) is 0 Å². The van der Waals surface area contributed by atoms with Gasteiger partial charge in [0, 0.05) is 6.20 Å². The molecule has 2 N–H and O–H groups in total. The van der Waals surface area contributed by atoms with Crippen molar-refractivity contribution < 1.29 is 23.1 Å². The van der Waals surface area contributed by atoms with Crippen LogP contribution < -0.4 is 0 Å². The molecule has 0 atom stereocenters. The molecule has 15 heavy (non-hydrogen) atoms. The van der Waals surface area contributed by atoms with Crippen molar-refractivity contribution in [2.24, 2.45) is 0 Å². The van der Waals surface area contributed by atoms with Crippen LogP contribution in [0.1, 0.15) is 24.3 Å². The number of nitrogens with one attached hydrogen (secondary N) is 1. The molecule has 0 aliphatic heterocycles. The van der Waals surface area contributed by atoms with Crippen molar-refractivity contribution >= 4 is 5.97 Å². The summed E-state index contributed by atoms with van der Waals surface area (Å²) in [7, 11) is 0. The molecule has 1 heterocycles. The second-order valence-corrected chi connectivity index (χ2v) is 3.11. The number of hydrogen-bond donors (Lipinski definition) is 2. The molecule has 1 aromatic heterocycles. The first-order chi connectivity index (χ1) is 6.91. The van der Waals surface area contributed by atoms with E-state index in [4.69, 9.17) is 9.90 Å². The summed E-state index contributed by atoms with van der Waals surface area (Å²) in [5.41, 5.74) is 1.38. The number of carboxylic acids is 1. The maximum absolute atomic E-state index is 10.6. The molecule has 4 nitrogen and oxygen atoms in total. The molecule has 1 aliphatic rings. The van der Waals surface area contributed by atoms with E-state index in [0.29, 0.717) is 0 Å². The van der Waals surface area contributed by atoms with Crippen molar-refractivity contribution in [2.45, 2.75) is 24.9 Å². The van der Waals surface area contributed by atoms with Crippen LogP contribution in [0.4, 0.5) is 13.2 Å². The number of H-pyrrole nitrogens is 1. The number of rotatable bonds is 1. The summed E-state index contributed by atoms with van der Waals surface area (Å²) in [6.45, 7) is 0. The summed E-state index contributed by atoms with van der Waals surface area (Å²) in [5.74, 6) is -1.92. The Balaban J connectivity index is 0.000000153. The first-order valence-electron chi connectivity index (χ1n) is 4.20. The van der Waals surface area contributed by atoms with Gasteiger partial charge in [-0.2, -0.15) is 18.3 Å². The van der Waals surface area contributed by atoms with Crippen molar-refractivity contribution in [1.82, 2.24) is 10.2 Å². The van der Waals surface area contributed by atoms with Crippen LogP contribution in [-0.2, 0) is 4.79 Å². The van der Waals surface area contributed by atoms with Crippen molar-refractivity contribution in [3.8, 4) is 0 Å². The molecule has 0 unspecified atom stereocenters. The molecule has 0 spiro atoms. The first kappa shape index (κ1) is 11.5. The molecule has 0 bridgehead atoms. The van der Waals surface area contributed by atoms with Gasteiger partial charge in [0.15, 0.2) is 0 Å². The van der Waals surface area contributed by atoms with Gasteiger partial charge >= 0.3 is 12.1 Å². The van der Waals surface area contributed by atoms with Gasteiger partial charge in [-0.15, -0.1) is 0 Å². The van der Waals surface area contributed by atoms with Gasteiger partial charge in [-0.3, -0.25) is 5.10 Å². The predicted molar refractivity (Wildman–Crippen MR) is 44.3 cm³/mol. The highest BCUT2D eigenvalue weighted by atomic mass is 19.4. The lowest BCUT2D eigenvalue weighted by molar-refractivity contribution is -0.192. The minimum absolute atomic E-state index is 0.841. The zero-order valence-electron chi connectivity index (χ0n) is 7.58. The number of halogens is 3. The molecule has 0 amide bonds. The Morgan fingerprint density at radius 2 is 2.07 bits per heavy atom. The van der Waals surface area contributed by atoms with Crippen molar-refractivity contribution in [1.29, 1.82) is 0 Å². The summed E-state index contributed by atoms with van der Waals surface area (Å²) in [5, 5.41) is 13.8. The van der Waals surface area contributed by atoms with Gasteiger partial charge < -0.3 is 5.11 Å². The molecular weight excluding hydrogens is 213 g/mol. The number of aromatic amines is 1. The standard InChI is InChI=1S/C6H8N2.C2HF3O2/c1-2-5(1)6-3-7-8-4-6;3-2(4,5)1(6)7/h3-5H,1-2H2,(H,7,8);(H,6,7). The highest BCUT2D eigenvalue weighted by molar-refractivity contribution is 5.73. The average Bonchev–Trinajstić information content (AvgIpc) is 2.82. The van der Waals surface area contributed by atoms with Crippen LogP contribution in [0.3, 0.4) is 0 Å². The second-order valence-electron chi connectivity index (χ2n) is 3.11. The van der Waals surface area contributed by atoms with Crippen LogP contribution in [0.5, 0.6) is 0 Å². The van der Waals surface area contributed by atoms with E-state index in [1.807, 2.05) is 12.4 Å². The van der Waals surface area contributed by atoms with Gasteiger partial charge in [-0.25, -0.2) is 4.79 Å². The molecular formula is C8H9F3N2O2. The predicted octanol–water partition coefficient (Wildman–Crippen LogP) is 1.92. The van der Waals surface area contributed by atoms with E-state index in [1.165, 1.54) is 18.4 Å². The highest BCUT2D eigenvalue weighted by Crippen LogP contribution is 2.39. The molecule has 84 valence electrons. The fraction of sp³-hybridized carbons (Fsp3) is 0.500. The average molecular weight is 222 g/mol. The monoisotopic (exact) mass is 222 g/mol. The fourth-order valence-electron chi connectivity index (χ4n) is 0.901. The summed E-state index contributed by atoms with van der Waals surface area (Å²) in [6.07, 6.45) is 1.54. The Hall–Kier alpha value is -1.53. The van der Waals surface area contributed by atoms with Crippen molar-refractivity contribution in [3.63, 3.8) is 0 Å². The van der Waals surface area contributed by atoms with Gasteiger partial charge in [0.2, 0.25) is 0 Å². The maximum Gasteiger partial charge on any atom is 0.490 e. The van der Waals surface area contributed by atoms with Crippen LogP contribution in [-0.4, -0.2) is 27.4 Å². The normalized spacial score (nSPS) is 15.4. The number of alkyl halides is 3. The van der Waals surface area contributed by atoms with Crippen LogP contribution in [0.25, 0.3) is 0 Å². The molecule has 1 fully saturated rings. The van der Waals surface area contributed by atoms with E-state index in [-0.39, 0.29) is 0 Å². The van der Waals surface area contributed by atoms with E-state index in [9.17, 15) is 13.2 Å². The minimum atomic E-state index is -5.08. The van der Waals surface area contributed by atoms with Crippen molar-refractivity contribution in [3.05, 3.63) is 18.0 Å². The number of hydrogen-bond acceptors (Lipinski definition) is 2. The smallest absolute Gasteiger partial charge is 0.475 e. The lowest BCUT2D eigenvalue weighted by atomic mass is 10.2. The van der Waals surface area contributed by atoms with E-state index >= 15 is 0 Å². The minimum Gasteiger partial charge on any atom is -0.475 e. The molecule has 1 aromatic rings. The third kappa shape index (κ3) is 4.01. The lowest BCUT2D eigenvalue weighted by Crippen LogP contribution is -2.21. The molecule has 1 aliphatic carbocycles. The number of carbonyl (C=O) groups is 1. The van der Waals surface area contributed by atoms with Crippen LogP contribution in [0.2, 0.25) is 0 Å². The Kier molecular flexibility index (Phi) is 3.33. The molecule has 0 aromatic carbocycles. The largest absolute Gasteiger partial charge is 0.490 e. The van der Waals surface area contributed by atoms with Gasteiger partial charge in [-0.05, 0) is 24.3 Å². The molecule has 1 saturated carbocycles. The number of aliphatic carboxylic acids is 1. The Labute approximate surface area is 83.1 Å². The topological polar surface area (TPSA) is 66.0 Å². The van der Waals surface area contributed by atoms with Gasteiger partial charge in [0.25, 0.3) is 0 Å². The first-order valence-corrected chi connectivity index (χ1v) is 4.20. The van der Waals surface area contributed by atoms with E-state index in [0.717, 1.165) is 5.92 Å². The maximum atomic E-state index is 10.6. The quantitative estimate of drug-likeness (QED) is 0.762. The zero-order chi connectivity index (χ0) is 11.5. The number of aromatic nitrogens is 2. The molecule has 7 heteroatoms. The van der Waals surface area contributed by atoms with Gasteiger partial charge in [-0.1, -0.05) is 0 Å². The van der Waals surface area contributed by atoms with E-state index < -0.39 is 12.1 Å². The van der Waals surface area contributed by atoms with E-state index in [2.05, 4.69) is 10.2 Å². The molecule has 2 rings (SSSR count). The Bertz CT molecular complexity index is 317. The lowest BCUT2D eigenvalue weighted by Gasteiger charge is -1.93. The van der Waals surface area contributed by atoms with Gasteiger partial charge in [0.05, 0.1) is 6.20 Å². The fourth-order valence-corrected chi connectivity index (χ4v) is 0.901. The third-order valence-electron chi connectivity index (χ3n) is 1.81. The number of carboxylic acid groups (broad SMARTS) is 1. The zero-order valence-corrected chi connectivity index (χ0v) is 7.58. The third-order valence-corrected chi connectivity index (χ3v) is 1.81. The van der Waals surface area contributed by atoms with Crippen LogP contribution in [0, 0.1) is 0 Å². The second kappa shape index (κ2) is 4.33. The van der Waals surface area contributed by atoms with Gasteiger partial charge in [0.1, 0.15) is 0 Å². The molecule has 0 radical (unpaired) electrons. The number of nitrogens with zero attached hydrogens (tertiary/aromatic N) is 1. The highest BCUT2D eigenvalue weighted by Gasteiger charge is 2.38. The Morgan fingerprint density at radius 3 is 2.33 bits per heavy atom. The van der Waals surface area contributed by atoms with Crippen molar-refractivity contribution in [2.75, 3.05) is 0 Å². The summed E-state index contributed by atoms with van der Waals surface area (Å²) in [4.78, 5) is 8.90. The van der Waals surface area contributed by atoms with Crippen LogP contribution >= 0.6 is 0 Å². The molecule has 0 saturated heterocycles. The summed E-state index contributed by atoms with van der Waals surface area (Å²) < 4.78 is 31.7. The van der Waals surface area contributed by atoms with Crippen LogP contribution in [0.15, 0.2) is 12.4 Å².